The van der Waals surface area contributed by atoms with E-state index in [1.54, 1.807) is 11.8 Å². The van der Waals surface area contributed by atoms with Gasteiger partial charge < -0.3 is 14.4 Å². The Labute approximate surface area is 219 Å². The average molecular weight is 529 g/mol. The summed E-state index contributed by atoms with van der Waals surface area (Å²) < 4.78 is 52.8. The molecule has 1 N–H and O–H groups in total. The Morgan fingerprint density at radius 3 is 2.42 bits per heavy atom. The molecule has 1 atom stereocenters. The zero-order valence-corrected chi connectivity index (χ0v) is 21.9. The summed E-state index contributed by atoms with van der Waals surface area (Å²) in [5.74, 6) is 0. The lowest BCUT2D eigenvalue weighted by Gasteiger charge is -2.42. The van der Waals surface area contributed by atoms with Gasteiger partial charge in [-0.3, -0.25) is 5.10 Å². The molecule has 3 aromatic rings. The molecule has 2 heterocycles. The summed E-state index contributed by atoms with van der Waals surface area (Å²) in [6.45, 7) is 8.31. The summed E-state index contributed by atoms with van der Waals surface area (Å²) in [7, 11) is 0. The van der Waals surface area contributed by atoms with Gasteiger partial charge in [-0.25, -0.2) is 4.79 Å². The highest BCUT2D eigenvalue weighted by Crippen LogP contribution is 2.40. The maximum Gasteiger partial charge on any atom is 0.416 e. The van der Waals surface area contributed by atoms with Crippen molar-refractivity contribution in [3.63, 3.8) is 0 Å². The number of halogens is 3. The van der Waals surface area contributed by atoms with E-state index in [1.165, 1.54) is 0 Å². The van der Waals surface area contributed by atoms with Crippen LogP contribution in [0.15, 0.2) is 42.5 Å². The fourth-order valence-corrected chi connectivity index (χ4v) is 4.84. The van der Waals surface area contributed by atoms with Crippen LogP contribution < -0.4 is 0 Å². The monoisotopic (exact) mass is 528 g/mol. The van der Waals surface area contributed by atoms with E-state index in [2.05, 4.69) is 10.2 Å². The van der Waals surface area contributed by atoms with Crippen molar-refractivity contribution in [2.24, 2.45) is 0 Å². The number of amides is 1. The normalized spacial score (nSPS) is 16.7. The smallest absolute Gasteiger partial charge is 0.416 e. The molecule has 0 bridgehead atoms. The number of carbonyl (C=O) groups is 1. The lowest BCUT2D eigenvalue weighted by Crippen LogP contribution is -2.48. The van der Waals surface area contributed by atoms with Gasteiger partial charge in [-0.2, -0.15) is 23.5 Å². The van der Waals surface area contributed by atoms with Crippen molar-refractivity contribution in [3.05, 3.63) is 64.8 Å². The molecule has 1 amide bonds. The Hall–Kier alpha value is -3.58. The number of aromatic nitrogens is 2. The van der Waals surface area contributed by atoms with Gasteiger partial charge in [-0.1, -0.05) is 30.3 Å². The minimum absolute atomic E-state index is 0.102. The molecule has 1 aliphatic rings. The summed E-state index contributed by atoms with van der Waals surface area (Å²) >= 11 is 0. The second-order valence-electron chi connectivity index (χ2n) is 10.7. The number of hydrogen-bond acceptors (Lipinski definition) is 5. The number of nitrogens with one attached hydrogen (secondary N) is 1. The maximum absolute atomic E-state index is 13.7. The number of H-pyrrole nitrogens is 1. The third-order valence-corrected chi connectivity index (χ3v) is 6.94. The molecule has 4 rings (SSSR count). The number of rotatable bonds is 5. The predicted octanol–water partition coefficient (Wildman–Crippen LogP) is 6.50. The highest BCUT2D eigenvalue weighted by molar-refractivity contribution is 5.87. The van der Waals surface area contributed by atoms with E-state index >= 15 is 0 Å². The fourth-order valence-electron chi connectivity index (χ4n) is 4.84. The van der Waals surface area contributed by atoms with E-state index < -0.39 is 28.9 Å². The Bertz CT molecular complexity index is 1330. The molecule has 0 radical (unpaired) electrons. The fraction of sp³-hybridized carbons (Fsp3) is 0.464. The number of aromatic amines is 1. The van der Waals surface area contributed by atoms with Gasteiger partial charge in [0.1, 0.15) is 11.7 Å². The SMILES string of the molecule is CC(OCC1(c2ccccc2)CCN(C(=O)OC(C)(C)C)CC1)c1cc(C(F)(F)F)cc2c(C#N)n[nH]c12. The van der Waals surface area contributed by atoms with Gasteiger partial charge in [-0.05, 0) is 58.2 Å². The highest BCUT2D eigenvalue weighted by Gasteiger charge is 2.40. The van der Waals surface area contributed by atoms with Gasteiger partial charge in [0.25, 0.3) is 0 Å². The van der Waals surface area contributed by atoms with Gasteiger partial charge in [0.2, 0.25) is 0 Å². The number of ether oxygens (including phenoxy) is 2. The van der Waals surface area contributed by atoms with Gasteiger partial charge in [-0.15, -0.1) is 0 Å². The van der Waals surface area contributed by atoms with E-state index in [1.807, 2.05) is 57.2 Å². The van der Waals surface area contributed by atoms with Crippen LogP contribution in [0.3, 0.4) is 0 Å². The summed E-state index contributed by atoms with van der Waals surface area (Å²) in [6, 6.07) is 13.6. The van der Waals surface area contributed by atoms with Crippen LogP contribution in [0.1, 0.15) is 69.0 Å². The predicted molar refractivity (Wildman–Crippen MR) is 135 cm³/mol. The maximum atomic E-state index is 13.7. The Balaban J connectivity index is 1.60. The van der Waals surface area contributed by atoms with Crippen molar-refractivity contribution in [1.29, 1.82) is 5.26 Å². The molecule has 1 aliphatic heterocycles. The first-order valence-corrected chi connectivity index (χ1v) is 12.5. The topological polar surface area (TPSA) is 91.2 Å². The number of benzene rings is 2. The van der Waals surface area contributed by atoms with E-state index in [0.717, 1.165) is 17.7 Å². The van der Waals surface area contributed by atoms with Gasteiger partial charge in [0.05, 0.1) is 23.8 Å². The second kappa shape index (κ2) is 10.3. The van der Waals surface area contributed by atoms with Crippen molar-refractivity contribution in [1.82, 2.24) is 15.1 Å². The molecule has 2 aromatic carbocycles. The largest absolute Gasteiger partial charge is 0.444 e. The van der Waals surface area contributed by atoms with Gasteiger partial charge in [0.15, 0.2) is 5.69 Å². The van der Waals surface area contributed by atoms with Crippen LogP contribution in [-0.4, -0.2) is 46.5 Å². The van der Waals surface area contributed by atoms with Crippen LogP contribution in [0.4, 0.5) is 18.0 Å². The first-order chi connectivity index (χ1) is 17.8. The molecule has 10 heteroatoms. The molecule has 1 saturated heterocycles. The van der Waals surface area contributed by atoms with Gasteiger partial charge >= 0.3 is 12.3 Å². The third kappa shape index (κ3) is 5.78. The Morgan fingerprint density at radius 1 is 1.18 bits per heavy atom. The number of piperidine rings is 1. The molecule has 1 aromatic heterocycles. The van der Waals surface area contributed by atoms with Crippen LogP contribution >= 0.6 is 0 Å². The number of hydrogen-bond donors (Lipinski definition) is 1. The minimum atomic E-state index is -4.59. The van der Waals surface area contributed by atoms with Gasteiger partial charge in [0, 0.05) is 29.5 Å². The van der Waals surface area contributed by atoms with Crippen LogP contribution in [0.25, 0.3) is 10.9 Å². The quantitative estimate of drug-likeness (QED) is 0.408. The lowest BCUT2D eigenvalue weighted by atomic mass is 9.73. The van der Waals surface area contributed by atoms with Crippen molar-refractivity contribution in [3.8, 4) is 6.07 Å². The zero-order chi connectivity index (χ0) is 27.7. The number of nitrogens with zero attached hydrogens (tertiary/aromatic N) is 3. The number of fused-ring (bicyclic) bond motifs is 1. The van der Waals surface area contributed by atoms with Crippen LogP contribution in [0.5, 0.6) is 0 Å². The molecule has 202 valence electrons. The Morgan fingerprint density at radius 2 is 1.84 bits per heavy atom. The van der Waals surface area contributed by atoms with E-state index in [9.17, 15) is 23.2 Å². The summed E-state index contributed by atoms with van der Waals surface area (Å²) in [6.07, 6.45) is -4.48. The molecular formula is C28H31F3N4O3. The van der Waals surface area contributed by atoms with Crippen LogP contribution in [-0.2, 0) is 21.1 Å². The minimum Gasteiger partial charge on any atom is -0.444 e. The standard InChI is InChI=1S/C28H31F3N4O3/c1-18(21-14-20(28(29,30)31)15-22-23(16-32)33-34-24(21)22)37-17-27(19-8-6-5-7-9-19)10-12-35(13-11-27)25(36)38-26(2,3)4/h5-9,14-15,18H,10-13,17H2,1-4H3,(H,33,34). The first-order valence-electron chi connectivity index (χ1n) is 12.5. The molecule has 0 saturated carbocycles. The molecule has 0 aliphatic carbocycles. The number of likely N-dealkylation sites (tertiary alicyclic amines) is 1. The summed E-state index contributed by atoms with van der Waals surface area (Å²) in [5.41, 5.74) is -0.350. The third-order valence-electron chi connectivity index (χ3n) is 6.94. The molecule has 1 fully saturated rings. The average Bonchev–Trinajstić information content (AvgIpc) is 3.29. The molecule has 7 nitrogen and oxygen atoms in total. The first kappa shape index (κ1) is 27.5. The van der Waals surface area contributed by atoms with E-state index in [0.29, 0.717) is 31.4 Å². The van der Waals surface area contributed by atoms with Crippen molar-refractivity contribution in [2.75, 3.05) is 19.7 Å². The second-order valence-corrected chi connectivity index (χ2v) is 10.7. The summed E-state index contributed by atoms with van der Waals surface area (Å²) in [5, 5.41) is 16.0. The van der Waals surface area contributed by atoms with Crippen molar-refractivity contribution >= 4 is 17.0 Å². The molecular weight excluding hydrogens is 497 g/mol. The number of alkyl halides is 3. The molecule has 1 unspecified atom stereocenters. The van der Waals surface area contributed by atoms with Crippen molar-refractivity contribution < 1.29 is 27.4 Å². The molecule has 0 spiro atoms. The van der Waals surface area contributed by atoms with Crippen LogP contribution in [0, 0.1) is 11.3 Å². The number of nitriles is 1. The summed E-state index contributed by atoms with van der Waals surface area (Å²) in [4.78, 5) is 14.3. The van der Waals surface area contributed by atoms with Crippen molar-refractivity contribution in [2.45, 2.75) is 63.8 Å². The number of carbonyl (C=O) groups excluding carboxylic acids is 1. The zero-order valence-electron chi connectivity index (χ0n) is 21.9. The van der Waals surface area contributed by atoms with E-state index in [-0.39, 0.29) is 29.3 Å². The highest BCUT2D eigenvalue weighted by atomic mass is 19.4. The Kier molecular flexibility index (Phi) is 7.44. The molecule has 38 heavy (non-hydrogen) atoms. The lowest BCUT2D eigenvalue weighted by molar-refractivity contribution is -0.137. The van der Waals surface area contributed by atoms with E-state index in [4.69, 9.17) is 9.47 Å². The van der Waals surface area contributed by atoms with Crippen LogP contribution in [0.2, 0.25) is 0 Å².